The number of ether oxygens (including phenoxy) is 2. The van der Waals surface area contributed by atoms with Crippen LogP contribution >= 0.6 is 11.3 Å². The number of thiazole rings is 1. The molecule has 0 fully saturated rings. The van der Waals surface area contributed by atoms with Gasteiger partial charge in [0.25, 0.3) is 5.91 Å². The van der Waals surface area contributed by atoms with Gasteiger partial charge in [0.2, 0.25) is 0 Å². The monoisotopic (exact) mass is 436 g/mol. The molecule has 0 aliphatic heterocycles. The fourth-order valence-corrected chi connectivity index (χ4v) is 3.98. The van der Waals surface area contributed by atoms with Crippen LogP contribution in [0.5, 0.6) is 11.5 Å². The van der Waals surface area contributed by atoms with Crippen molar-refractivity contribution in [2.75, 3.05) is 19.0 Å². The number of rotatable bonds is 6. The minimum absolute atomic E-state index is 0.101. The van der Waals surface area contributed by atoms with Gasteiger partial charge >= 0.3 is 5.63 Å². The zero-order chi connectivity index (χ0) is 22.0. The Labute approximate surface area is 182 Å². The lowest BCUT2D eigenvalue weighted by Crippen LogP contribution is -2.20. The maximum absolute atomic E-state index is 12.8. The molecular weight excluding hydrogens is 416 g/mol. The van der Waals surface area contributed by atoms with Crippen molar-refractivity contribution in [3.8, 4) is 22.8 Å². The second-order valence-electron chi connectivity index (χ2n) is 6.69. The van der Waals surface area contributed by atoms with E-state index in [2.05, 4.69) is 10.3 Å². The summed E-state index contributed by atoms with van der Waals surface area (Å²) in [5.74, 6) is 0.807. The van der Waals surface area contributed by atoms with Gasteiger partial charge in [0.15, 0.2) is 5.13 Å². The maximum atomic E-state index is 12.8. The van der Waals surface area contributed by atoms with Gasteiger partial charge in [0.1, 0.15) is 22.6 Å². The van der Waals surface area contributed by atoms with Crippen molar-refractivity contribution in [2.45, 2.75) is 13.8 Å². The van der Waals surface area contributed by atoms with E-state index in [1.807, 2.05) is 38.1 Å². The number of methoxy groups -OCH3 is 1. The first-order valence-electron chi connectivity index (χ1n) is 9.62. The topological polar surface area (TPSA) is 90.7 Å². The number of carbonyl (C=O) groups excluding carboxylic acids is 1. The minimum Gasteiger partial charge on any atom is -0.497 e. The van der Waals surface area contributed by atoms with Gasteiger partial charge < -0.3 is 13.9 Å². The number of aryl methyl sites for hydroxylation is 1. The molecule has 0 unspecified atom stereocenters. The summed E-state index contributed by atoms with van der Waals surface area (Å²) in [5.41, 5.74) is 1.24. The summed E-state index contributed by atoms with van der Waals surface area (Å²) in [6.07, 6.45) is 0. The molecule has 158 valence electrons. The number of carbonyl (C=O) groups is 1. The molecule has 2 aromatic carbocycles. The van der Waals surface area contributed by atoms with Gasteiger partial charge in [-0.15, -0.1) is 11.3 Å². The molecule has 2 aromatic heterocycles. The number of nitrogens with one attached hydrogen (secondary N) is 1. The highest BCUT2D eigenvalue weighted by Crippen LogP contribution is 2.31. The molecule has 0 radical (unpaired) electrons. The zero-order valence-corrected chi connectivity index (χ0v) is 18.0. The molecule has 0 saturated carbocycles. The molecule has 0 saturated heterocycles. The highest BCUT2D eigenvalue weighted by molar-refractivity contribution is 7.16. The maximum Gasteiger partial charge on any atom is 0.349 e. The molecule has 31 heavy (non-hydrogen) atoms. The smallest absolute Gasteiger partial charge is 0.349 e. The number of nitrogens with zero attached hydrogens (tertiary/aromatic N) is 1. The summed E-state index contributed by atoms with van der Waals surface area (Å²) in [6.45, 7) is 4.46. The SMILES string of the molecule is CCOc1ccc(-c2nc(NC(=O)c3cc4cc(OC)ccc4oc3=O)sc2C)cc1. The van der Waals surface area contributed by atoms with Crippen LogP contribution in [-0.2, 0) is 0 Å². The van der Waals surface area contributed by atoms with Gasteiger partial charge in [-0.1, -0.05) is 0 Å². The number of benzene rings is 2. The molecule has 0 aliphatic carbocycles. The quantitative estimate of drug-likeness (QED) is 0.433. The van der Waals surface area contributed by atoms with Crippen LogP contribution in [0.25, 0.3) is 22.2 Å². The number of fused-ring (bicyclic) bond motifs is 1. The summed E-state index contributed by atoms with van der Waals surface area (Å²) in [6, 6.07) is 14.1. The Morgan fingerprint density at radius 1 is 1.13 bits per heavy atom. The lowest BCUT2D eigenvalue weighted by molar-refractivity contribution is 0.102. The third-order valence-electron chi connectivity index (χ3n) is 4.64. The standard InChI is InChI=1S/C23H20N2O5S/c1-4-29-16-7-5-14(6-8-16)20-13(2)31-23(24-20)25-21(26)18-12-15-11-17(28-3)9-10-19(15)30-22(18)27/h5-12H,4H2,1-3H3,(H,24,25,26). The Bertz CT molecular complexity index is 1310. The number of hydrogen-bond donors (Lipinski definition) is 1. The second-order valence-corrected chi connectivity index (χ2v) is 7.89. The fourth-order valence-electron chi connectivity index (χ4n) is 3.14. The van der Waals surface area contributed by atoms with E-state index in [9.17, 15) is 9.59 Å². The Hall–Kier alpha value is -3.65. The van der Waals surface area contributed by atoms with Crippen molar-refractivity contribution in [3.63, 3.8) is 0 Å². The average Bonchev–Trinajstić information content (AvgIpc) is 3.13. The van der Waals surface area contributed by atoms with Crippen LogP contribution in [-0.4, -0.2) is 24.6 Å². The number of anilines is 1. The van der Waals surface area contributed by atoms with Gasteiger partial charge in [0, 0.05) is 15.8 Å². The highest BCUT2D eigenvalue weighted by atomic mass is 32.1. The molecule has 1 amide bonds. The molecule has 4 aromatic rings. The van der Waals surface area contributed by atoms with E-state index in [-0.39, 0.29) is 5.56 Å². The van der Waals surface area contributed by atoms with Gasteiger partial charge in [0.05, 0.1) is 19.4 Å². The van der Waals surface area contributed by atoms with Gasteiger partial charge in [-0.2, -0.15) is 0 Å². The van der Waals surface area contributed by atoms with E-state index < -0.39 is 11.5 Å². The summed E-state index contributed by atoms with van der Waals surface area (Å²) in [4.78, 5) is 30.5. The van der Waals surface area contributed by atoms with Crippen LogP contribution in [0.1, 0.15) is 22.2 Å². The predicted molar refractivity (Wildman–Crippen MR) is 120 cm³/mol. The first-order valence-corrected chi connectivity index (χ1v) is 10.4. The molecule has 1 N–H and O–H groups in total. The molecule has 2 heterocycles. The van der Waals surface area contributed by atoms with Crippen molar-refractivity contribution in [1.29, 1.82) is 0 Å². The molecule has 0 spiro atoms. The van der Waals surface area contributed by atoms with E-state index in [0.717, 1.165) is 21.9 Å². The lowest BCUT2D eigenvalue weighted by Gasteiger charge is -2.05. The normalized spacial score (nSPS) is 10.8. The van der Waals surface area contributed by atoms with Crippen LogP contribution in [0.4, 0.5) is 5.13 Å². The third kappa shape index (κ3) is 4.29. The van der Waals surface area contributed by atoms with Gasteiger partial charge in [-0.25, -0.2) is 9.78 Å². The fraction of sp³-hybridized carbons (Fsp3) is 0.174. The summed E-state index contributed by atoms with van der Waals surface area (Å²) in [5, 5.41) is 3.70. The third-order valence-corrected chi connectivity index (χ3v) is 5.53. The Morgan fingerprint density at radius 2 is 1.87 bits per heavy atom. The van der Waals surface area contributed by atoms with E-state index >= 15 is 0 Å². The van der Waals surface area contributed by atoms with Crippen molar-refractivity contribution in [3.05, 3.63) is 69.4 Å². The lowest BCUT2D eigenvalue weighted by atomic mass is 10.1. The molecular formula is C23H20N2O5S. The summed E-state index contributed by atoms with van der Waals surface area (Å²) < 4.78 is 15.9. The van der Waals surface area contributed by atoms with Crippen molar-refractivity contribution in [2.24, 2.45) is 0 Å². The van der Waals surface area contributed by atoms with Crippen molar-refractivity contribution >= 4 is 33.3 Å². The Morgan fingerprint density at radius 3 is 2.58 bits per heavy atom. The van der Waals surface area contributed by atoms with Crippen molar-refractivity contribution in [1.82, 2.24) is 4.98 Å². The zero-order valence-electron chi connectivity index (χ0n) is 17.2. The molecule has 4 rings (SSSR count). The van der Waals surface area contributed by atoms with E-state index in [1.165, 1.54) is 17.4 Å². The number of aromatic nitrogens is 1. The predicted octanol–water partition coefficient (Wildman–Crippen LogP) is 4.88. The molecule has 0 bridgehead atoms. The molecule has 0 atom stereocenters. The van der Waals surface area contributed by atoms with Crippen LogP contribution in [0, 0.1) is 6.92 Å². The van der Waals surface area contributed by atoms with Crippen molar-refractivity contribution < 1.29 is 18.7 Å². The van der Waals surface area contributed by atoms with E-state index in [0.29, 0.717) is 28.5 Å². The summed E-state index contributed by atoms with van der Waals surface area (Å²) in [7, 11) is 1.54. The van der Waals surface area contributed by atoms with Crippen LogP contribution < -0.4 is 20.4 Å². The van der Waals surface area contributed by atoms with Crippen LogP contribution in [0.15, 0.2) is 57.7 Å². The van der Waals surface area contributed by atoms with Crippen LogP contribution in [0.2, 0.25) is 0 Å². The minimum atomic E-state index is -0.713. The number of hydrogen-bond acceptors (Lipinski definition) is 7. The molecule has 7 nitrogen and oxygen atoms in total. The first-order chi connectivity index (χ1) is 15.0. The second kappa shape index (κ2) is 8.61. The average molecular weight is 436 g/mol. The molecule has 0 aliphatic rings. The Kier molecular flexibility index (Phi) is 5.73. The van der Waals surface area contributed by atoms with Gasteiger partial charge in [-0.05, 0) is 62.4 Å². The highest BCUT2D eigenvalue weighted by Gasteiger charge is 2.17. The largest absolute Gasteiger partial charge is 0.497 e. The Balaban J connectivity index is 1.60. The summed E-state index contributed by atoms with van der Waals surface area (Å²) >= 11 is 1.34. The number of amides is 1. The van der Waals surface area contributed by atoms with Gasteiger partial charge in [-0.3, -0.25) is 10.1 Å². The first kappa shape index (κ1) is 20.6. The van der Waals surface area contributed by atoms with Crippen LogP contribution in [0.3, 0.4) is 0 Å². The van der Waals surface area contributed by atoms with E-state index in [4.69, 9.17) is 13.9 Å². The van der Waals surface area contributed by atoms with E-state index in [1.54, 1.807) is 25.3 Å². The molecule has 8 heteroatoms.